The van der Waals surface area contributed by atoms with Gasteiger partial charge < -0.3 is 15.0 Å². The number of fused-ring (bicyclic) bond motifs is 1. The molecule has 0 radical (unpaired) electrons. The van der Waals surface area contributed by atoms with Crippen LogP contribution >= 0.6 is 0 Å². The van der Waals surface area contributed by atoms with E-state index in [1.165, 1.54) is 6.07 Å². The Morgan fingerprint density at radius 1 is 1.03 bits per heavy atom. The third-order valence-electron chi connectivity index (χ3n) is 4.69. The molecular weight excluding hydrogens is 378 g/mol. The Bertz CT molecular complexity index is 1090. The lowest BCUT2D eigenvalue weighted by Gasteiger charge is -2.16. The average Bonchev–Trinajstić information content (AvgIpc) is 3.04. The topological polar surface area (TPSA) is 58.6 Å². The summed E-state index contributed by atoms with van der Waals surface area (Å²) in [7, 11) is 1.56. The monoisotopic (exact) mass is 394 g/mol. The van der Waals surface area contributed by atoms with E-state index in [1.807, 2.05) is 0 Å². The number of benzene rings is 3. The van der Waals surface area contributed by atoms with Gasteiger partial charge in [0.15, 0.2) is 0 Å². The molecule has 3 aromatic rings. The summed E-state index contributed by atoms with van der Waals surface area (Å²) in [5.74, 6) is -1.88. The van der Waals surface area contributed by atoms with E-state index in [-0.39, 0.29) is 22.7 Å². The van der Waals surface area contributed by atoms with Crippen LogP contribution in [0.15, 0.2) is 60.7 Å². The molecule has 0 saturated heterocycles. The van der Waals surface area contributed by atoms with Gasteiger partial charge in [-0.1, -0.05) is 12.1 Å². The minimum absolute atomic E-state index is 0.0254. The predicted octanol–water partition coefficient (Wildman–Crippen LogP) is 4.39. The van der Waals surface area contributed by atoms with Gasteiger partial charge in [-0.2, -0.15) is 0 Å². The molecule has 29 heavy (non-hydrogen) atoms. The van der Waals surface area contributed by atoms with Gasteiger partial charge >= 0.3 is 0 Å². The third kappa shape index (κ3) is 3.54. The van der Waals surface area contributed by atoms with Gasteiger partial charge in [-0.05, 0) is 48.0 Å². The SMILES string of the molecule is COc1ccc(N2Cc3cccc(C(=O)Nc4cc(F)cc(F)c4)c3C2=O)cc1. The molecule has 0 saturated carbocycles. The molecule has 1 N–H and O–H groups in total. The van der Waals surface area contributed by atoms with E-state index in [9.17, 15) is 18.4 Å². The van der Waals surface area contributed by atoms with Crippen molar-refractivity contribution in [2.24, 2.45) is 0 Å². The van der Waals surface area contributed by atoms with Gasteiger partial charge in [0.2, 0.25) is 0 Å². The van der Waals surface area contributed by atoms with Gasteiger partial charge in [-0.15, -0.1) is 0 Å². The van der Waals surface area contributed by atoms with Gasteiger partial charge in [-0.3, -0.25) is 9.59 Å². The van der Waals surface area contributed by atoms with Crippen LogP contribution in [0.25, 0.3) is 0 Å². The number of amides is 2. The summed E-state index contributed by atoms with van der Waals surface area (Å²) in [5.41, 5.74) is 1.77. The maximum atomic E-state index is 13.4. The number of carbonyl (C=O) groups is 2. The Kier molecular flexibility index (Phi) is 4.72. The summed E-state index contributed by atoms with van der Waals surface area (Å²) < 4.78 is 31.9. The average molecular weight is 394 g/mol. The number of ether oxygens (including phenoxy) is 1. The molecule has 0 aromatic heterocycles. The van der Waals surface area contributed by atoms with Crippen molar-refractivity contribution in [2.75, 3.05) is 17.3 Å². The Labute approximate surface area is 165 Å². The summed E-state index contributed by atoms with van der Waals surface area (Å²) in [5, 5.41) is 2.45. The lowest BCUT2D eigenvalue weighted by Crippen LogP contribution is -2.24. The summed E-state index contributed by atoms with van der Waals surface area (Å²) >= 11 is 0. The molecule has 0 unspecified atom stereocenters. The van der Waals surface area contributed by atoms with Gasteiger partial charge in [0.05, 0.1) is 24.8 Å². The first-order valence-electron chi connectivity index (χ1n) is 8.81. The normalized spacial score (nSPS) is 12.7. The molecule has 4 rings (SSSR count). The van der Waals surface area contributed by atoms with E-state index in [2.05, 4.69) is 5.32 Å². The van der Waals surface area contributed by atoms with Gasteiger partial charge in [0.25, 0.3) is 11.8 Å². The number of nitrogens with zero attached hydrogens (tertiary/aromatic N) is 1. The Hall–Kier alpha value is -3.74. The molecule has 0 fully saturated rings. The van der Waals surface area contributed by atoms with Gasteiger partial charge in [-0.25, -0.2) is 8.78 Å². The zero-order chi connectivity index (χ0) is 20.5. The van der Waals surface area contributed by atoms with Crippen LogP contribution < -0.4 is 15.0 Å². The molecular formula is C22H16F2N2O3. The van der Waals surface area contributed by atoms with E-state index in [4.69, 9.17) is 4.74 Å². The third-order valence-corrected chi connectivity index (χ3v) is 4.69. The second-order valence-corrected chi connectivity index (χ2v) is 6.54. The summed E-state index contributed by atoms with van der Waals surface area (Å²) in [4.78, 5) is 27.3. The molecule has 5 nitrogen and oxygen atoms in total. The molecule has 146 valence electrons. The lowest BCUT2D eigenvalue weighted by atomic mass is 10.0. The molecule has 3 aromatic carbocycles. The van der Waals surface area contributed by atoms with Crippen molar-refractivity contribution in [1.82, 2.24) is 0 Å². The van der Waals surface area contributed by atoms with Crippen LogP contribution in [0.2, 0.25) is 0 Å². The van der Waals surface area contributed by atoms with Crippen molar-refractivity contribution in [3.63, 3.8) is 0 Å². The summed E-state index contributed by atoms with van der Waals surface area (Å²) in [6.45, 7) is 0.316. The molecule has 0 bridgehead atoms. The molecule has 0 atom stereocenters. The minimum atomic E-state index is -0.805. The molecule has 1 aliphatic rings. The maximum absolute atomic E-state index is 13.4. The molecule has 0 spiro atoms. The number of methoxy groups -OCH3 is 1. The predicted molar refractivity (Wildman–Crippen MR) is 104 cm³/mol. The van der Waals surface area contributed by atoms with Crippen molar-refractivity contribution in [3.05, 3.63) is 89.0 Å². The van der Waals surface area contributed by atoms with Crippen LogP contribution in [0.4, 0.5) is 20.2 Å². The van der Waals surface area contributed by atoms with E-state index >= 15 is 0 Å². The first kappa shape index (κ1) is 18.6. The fourth-order valence-corrected chi connectivity index (χ4v) is 3.35. The Morgan fingerprint density at radius 3 is 2.38 bits per heavy atom. The van der Waals surface area contributed by atoms with Crippen LogP contribution in [0.1, 0.15) is 26.3 Å². The van der Waals surface area contributed by atoms with Crippen LogP contribution in [0, 0.1) is 11.6 Å². The summed E-state index contributed by atoms with van der Waals surface area (Å²) in [6.07, 6.45) is 0. The van der Waals surface area contributed by atoms with Crippen LogP contribution in [-0.2, 0) is 6.54 Å². The number of halogens is 2. The van der Waals surface area contributed by atoms with E-state index in [1.54, 1.807) is 48.4 Å². The highest BCUT2D eigenvalue weighted by Crippen LogP contribution is 2.31. The number of anilines is 2. The highest BCUT2D eigenvalue weighted by molar-refractivity contribution is 6.18. The largest absolute Gasteiger partial charge is 0.497 e. The molecule has 1 aliphatic heterocycles. The zero-order valence-electron chi connectivity index (χ0n) is 15.4. The zero-order valence-corrected chi connectivity index (χ0v) is 15.4. The van der Waals surface area contributed by atoms with E-state index in [0.29, 0.717) is 29.6 Å². The Morgan fingerprint density at radius 2 is 1.72 bits per heavy atom. The first-order chi connectivity index (χ1) is 14.0. The second kappa shape index (κ2) is 7.35. The van der Waals surface area contributed by atoms with Crippen molar-refractivity contribution in [1.29, 1.82) is 0 Å². The van der Waals surface area contributed by atoms with Crippen molar-refractivity contribution < 1.29 is 23.1 Å². The number of carbonyl (C=O) groups excluding carboxylic acids is 2. The smallest absolute Gasteiger partial charge is 0.259 e. The quantitative estimate of drug-likeness (QED) is 0.714. The standard InChI is InChI=1S/C22H16F2N2O3/c1-29-18-7-5-17(6-8-18)26-12-13-3-2-4-19(20(13)22(26)28)21(27)25-16-10-14(23)9-15(24)11-16/h2-11H,12H2,1H3,(H,25,27). The Balaban J connectivity index is 1.63. The molecule has 0 aliphatic carbocycles. The first-order valence-corrected chi connectivity index (χ1v) is 8.81. The van der Waals surface area contributed by atoms with Crippen LogP contribution in [-0.4, -0.2) is 18.9 Å². The fourth-order valence-electron chi connectivity index (χ4n) is 3.35. The number of hydrogen-bond donors (Lipinski definition) is 1. The van der Waals surface area contributed by atoms with E-state index < -0.39 is 17.5 Å². The molecule has 2 amide bonds. The van der Waals surface area contributed by atoms with Crippen LogP contribution in [0.5, 0.6) is 5.75 Å². The van der Waals surface area contributed by atoms with Gasteiger partial charge in [0.1, 0.15) is 17.4 Å². The maximum Gasteiger partial charge on any atom is 0.259 e. The fraction of sp³-hybridized carbons (Fsp3) is 0.0909. The highest BCUT2D eigenvalue weighted by atomic mass is 19.1. The highest BCUT2D eigenvalue weighted by Gasteiger charge is 2.32. The second-order valence-electron chi connectivity index (χ2n) is 6.54. The van der Waals surface area contributed by atoms with E-state index in [0.717, 1.165) is 12.1 Å². The number of nitrogens with one attached hydrogen (secondary N) is 1. The van der Waals surface area contributed by atoms with Crippen LogP contribution in [0.3, 0.4) is 0 Å². The molecule has 7 heteroatoms. The summed E-state index contributed by atoms with van der Waals surface area (Å²) in [6, 6.07) is 14.7. The lowest BCUT2D eigenvalue weighted by molar-refractivity contribution is 0.0976. The minimum Gasteiger partial charge on any atom is -0.497 e. The molecule has 1 heterocycles. The number of hydrogen-bond acceptors (Lipinski definition) is 3. The van der Waals surface area contributed by atoms with Crippen molar-refractivity contribution >= 4 is 23.2 Å². The van der Waals surface area contributed by atoms with Gasteiger partial charge in [0, 0.05) is 17.4 Å². The van der Waals surface area contributed by atoms with Crippen molar-refractivity contribution in [3.8, 4) is 5.75 Å². The van der Waals surface area contributed by atoms with Crippen molar-refractivity contribution in [2.45, 2.75) is 6.54 Å². The number of rotatable bonds is 4.